The van der Waals surface area contributed by atoms with E-state index in [9.17, 15) is 4.79 Å². The van der Waals surface area contributed by atoms with E-state index in [2.05, 4.69) is 44.7 Å². The number of nitrogens with zero attached hydrogens (tertiary/aromatic N) is 2. The minimum absolute atomic E-state index is 0.106. The molecular weight excluding hydrogens is 348 g/mol. The lowest BCUT2D eigenvalue weighted by molar-refractivity contribution is -0.0258. The van der Waals surface area contributed by atoms with Crippen molar-refractivity contribution in [1.82, 2.24) is 9.80 Å². The Morgan fingerprint density at radius 3 is 2.19 bits per heavy atom. The van der Waals surface area contributed by atoms with Gasteiger partial charge in [0.25, 0.3) is 0 Å². The average Bonchev–Trinajstić information content (AvgIpc) is 2.50. The van der Waals surface area contributed by atoms with Gasteiger partial charge >= 0.3 is 6.09 Å². The van der Waals surface area contributed by atoms with Gasteiger partial charge in [-0.1, -0.05) is 37.6 Å². The van der Waals surface area contributed by atoms with Crippen LogP contribution >= 0.6 is 11.6 Å². The summed E-state index contributed by atoms with van der Waals surface area (Å²) in [5.41, 5.74) is 0.801. The Kier molecular flexibility index (Phi) is 6.62. The molecule has 0 bridgehead atoms. The molecular formula is C21H33ClN2O2. The van der Waals surface area contributed by atoms with Crippen LogP contribution in [-0.4, -0.2) is 46.7 Å². The predicted molar refractivity (Wildman–Crippen MR) is 108 cm³/mol. The number of benzene rings is 1. The minimum atomic E-state index is -0.471. The normalized spacial score (nSPS) is 23.2. The highest BCUT2D eigenvalue weighted by molar-refractivity contribution is 6.30. The molecule has 2 rings (SSSR count). The van der Waals surface area contributed by atoms with Gasteiger partial charge in [-0.15, -0.1) is 0 Å². The molecule has 0 aliphatic carbocycles. The summed E-state index contributed by atoms with van der Waals surface area (Å²) < 4.78 is 5.59. The van der Waals surface area contributed by atoms with Gasteiger partial charge in [0.05, 0.1) is 0 Å². The first-order valence-electron chi connectivity index (χ1n) is 9.50. The van der Waals surface area contributed by atoms with Crippen molar-refractivity contribution in [1.29, 1.82) is 0 Å². The largest absolute Gasteiger partial charge is 0.444 e. The summed E-state index contributed by atoms with van der Waals surface area (Å²) >= 11 is 6.07. The van der Waals surface area contributed by atoms with E-state index in [1.54, 1.807) is 0 Å². The van der Waals surface area contributed by atoms with Gasteiger partial charge in [-0.25, -0.2) is 4.79 Å². The molecule has 146 valence electrons. The van der Waals surface area contributed by atoms with Crippen LogP contribution in [0.15, 0.2) is 24.3 Å². The van der Waals surface area contributed by atoms with Crippen LogP contribution in [0.3, 0.4) is 0 Å². The molecule has 1 aromatic carbocycles. The molecule has 0 radical (unpaired) electrons. The molecule has 0 saturated carbocycles. The van der Waals surface area contributed by atoms with Gasteiger partial charge in [-0.05, 0) is 58.2 Å². The summed E-state index contributed by atoms with van der Waals surface area (Å²) in [4.78, 5) is 16.9. The number of carbonyl (C=O) groups is 1. The second-order valence-electron chi connectivity index (χ2n) is 8.77. The van der Waals surface area contributed by atoms with Crippen LogP contribution in [0.2, 0.25) is 5.02 Å². The molecule has 0 aromatic heterocycles. The first-order valence-corrected chi connectivity index (χ1v) is 9.88. The number of halogens is 1. The lowest BCUT2D eigenvalue weighted by atomic mass is 9.91. The minimum Gasteiger partial charge on any atom is -0.444 e. The third kappa shape index (κ3) is 5.14. The zero-order valence-electron chi connectivity index (χ0n) is 17.1. The molecule has 1 saturated heterocycles. The second-order valence-corrected chi connectivity index (χ2v) is 9.20. The molecule has 0 spiro atoms. The van der Waals surface area contributed by atoms with E-state index in [0.29, 0.717) is 18.5 Å². The van der Waals surface area contributed by atoms with E-state index in [4.69, 9.17) is 16.3 Å². The Labute approximate surface area is 163 Å². The van der Waals surface area contributed by atoms with Crippen molar-refractivity contribution >= 4 is 17.7 Å². The van der Waals surface area contributed by atoms with Crippen LogP contribution in [0, 0.1) is 5.92 Å². The third-order valence-electron chi connectivity index (χ3n) is 4.86. The summed E-state index contributed by atoms with van der Waals surface area (Å²) in [5.74, 6) is 0.457. The molecule has 4 nitrogen and oxygen atoms in total. The second kappa shape index (κ2) is 8.18. The van der Waals surface area contributed by atoms with E-state index in [0.717, 1.165) is 11.6 Å². The Balaban J connectivity index is 2.18. The van der Waals surface area contributed by atoms with E-state index in [-0.39, 0.29) is 18.2 Å². The van der Waals surface area contributed by atoms with Crippen molar-refractivity contribution in [3.63, 3.8) is 0 Å². The van der Waals surface area contributed by atoms with Crippen molar-refractivity contribution in [3.8, 4) is 0 Å². The number of amides is 1. The quantitative estimate of drug-likeness (QED) is 0.706. The summed E-state index contributed by atoms with van der Waals surface area (Å²) in [5, 5.41) is 0.757. The van der Waals surface area contributed by atoms with Crippen molar-refractivity contribution in [2.45, 2.75) is 72.2 Å². The number of hydrogen-bond donors (Lipinski definition) is 0. The van der Waals surface area contributed by atoms with Crippen LogP contribution in [0.1, 0.15) is 60.1 Å². The Morgan fingerprint density at radius 1 is 1.12 bits per heavy atom. The lowest BCUT2D eigenvalue weighted by Gasteiger charge is -2.48. The molecule has 3 atom stereocenters. The predicted octanol–water partition coefficient (Wildman–Crippen LogP) is 5.37. The molecule has 1 aliphatic rings. The van der Waals surface area contributed by atoms with E-state index < -0.39 is 5.60 Å². The van der Waals surface area contributed by atoms with Crippen LogP contribution in [0.4, 0.5) is 4.79 Å². The van der Waals surface area contributed by atoms with Crippen LogP contribution in [0.5, 0.6) is 0 Å². The molecule has 5 heteroatoms. The standard InChI is InChI=1S/C21H33ClN2O2/c1-14(2)19(17-8-10-18(22)11-9-17)23-12-16(4)24(13-15(23)3)20(25)26-21(5,6)7/h8-11,14-16,19H,12-13H2,1-7H3/t15-,16+,19?/m1/s1. The number of piperazine rings is 1. The first kappa shape index (κ1) is 21.0. The SMILES string of the molecule is CC(C)C(c1ccc(Cl)cc1)N1C[C@H](C)N(C(=O)OC(C)(C)C)C[C@H]1C. The molecule has 1 amide bonds. The fourth-order valence-electron chi connectivity index (χ4n) is 3.74. The summed E-state index contributed by atoms with van der Waals surface area (Å²) in [6, 6.07) is 8.80. The molecule has 1 heterocycles. The Bertz CT molecular complexity index is 609. The Hall–Kier alpha value is -1.26. The van der Waals surface area contributed by atoms with Crippen molar-refractivity contribution < 1.29 is 9.53 Å². The van der Waals surface area contributed by atoms with Crippen molar-refractivity contribution in [2.24, 2.45) is 5.92 Å². The zero-order chi connectivity index (χ0) is 19.6. The lowest BCUT2D eigenvalue weighted by Crippen LogP contribution is -2.59. The van der Waals surface area contributed by atoms with Gasteiger partial charge in [0, 0.05) is 36.2 Å². The maximum Gasteiger partial charge on any atom is 0.410 e. The summed E-state index contributed by atoms with van der Waals surface area (Å²) in [6.45, 7) is 16.0. The number of hydrogen-bond acceptors (Lipinski definition) is 3. The number of carbonyl (C=O) groups excluding carboxylic acids is 1. The molecule has 0 N–H and O–H groups in total. The number of rotatable bonds is 3. The average molecular weight is 381 g/mol. The topological polar surface area (TPSA) is 32.8 Å². The van der Waals surface area contributed by atoms with Gasteiger partial charge < -0.3 is 9.64 Å². The highest BCUT2D eigenvalue weighted by Crippen LogP contribution is 2.34. The van der Waals surface area contributed by atoms with Gasteiger partial charge in [-0.2, -0.15) is 0 Å². The number of ether oxygens (including phenoxy) is 1. The first-order chi connectivity index (χ1) is 12.0. The molecule has 26 heavy (non-hydrogen) atoms. The molecule has 1 unspecified atom stereocenters. The zero-order valence-corrected chi connectivity index (χ0v) is 17.9. The van der Waals surface area contributed by atoms with E-state index in [1.807, 2.05) is 37.8 Å². The monoisotopic (exact) mass is 380 g/mol. The highest BCUT2D eigenvalue weighted by atomic mass is 35.5. The van der Waals surface area contributed by atoms with Crippen LogP contribution in [-0.2, 0) is 4.74 Å². The summed E-state index contributed by atoms with van der Waals surface area (Å²) in [7, 11) is 0. The fourth-order valence-corrected chi connectivity index (χ4v) is 3.86. The maximum absolute atomic E-state index is 12.6. The molecule has 1 fully saturated rings. The van der Waals surface area contributed by atoms with Gasteiger partial charge in [-0.3, -0.25) is 4.90 Å². The van der Waals surface area contributed by atoms with E-state index in [1.165, 1.54) is 5.56 Å². The molecule has 1 aliphatic heterocycles. The fraction of sp³-hybridized carbons (Fsp3) is 0.667. The van der Waals surface area contributed by atoms with Gasteiger partial charge in [0.1, 0.15) is 5.60 Å². The van der Waals surface area contributed by atoms with E-state index >= 15 is 0 Å². The van der Waals surface area contributed by atoms with Crippen LogP contribution < -0.4 is 0 Å². The smallest absolute Gasteiger partial charge is 0.410 e. The third-order valence-corrected chi connectivity index (χ3v) is 5.11. The van der Waals surface area contributed by atoms with Crippen molar-refractivity contribution in [3.05, 3.63) is 34.9 Å². The van der Waals surface area contributed by atoms with Gasteiger partial charge in [0.15, 0.2) is 0 Å². The Morgan fingerprint density at radius 2 is 1.69 bits per heavy atom. The van der Waals surface area contributed by atoms with Crippen LogP contribution in [0.25, 0.3) is 0 Å². The molecule has 1 aromatic rings. The summed E-state index contributed by atoms with van der Waals surface area (Å²) in [6.07, 6.45) is -0.218. The van der Waals surface area contributed by atoms with Crippen molar-refractivity contribution in [2.75, 3.05) is 13.1 Å². The van der Waals surface area contributed by atoms with Gasteiger partial charge in [0.2, 0.25) is 0 Å². The maximum atomic E-state index is 12.6. The highest BCUT2D eigenvalue weighted by Gasteiger charge is 2.38.